The third-order valence-electron chi connectivity index (χ3n) is 2.85. The van der Waals surface area contributed by atoms with Gasteiger partial charge in [-0.05, 0) is 24.3 Å². The maximum Gasteiger partial charge on any atom is 0.230 e. The van der Waals surface area contributed by atoms with Crippen LogP contribution in [0.15, 0.2) is 35.5 Å². The van der Waals surface area contributed by atoms with Gasteiger partial charge in [-0.3, -0.25) is 9.69 Å². The number of sulfone groups is 1. The Kier molecular flexibility index (Phi) is 4.59. The molecule has 112 valence electrons. The van der Waals surface area contributed by atoms with Gasteiger partial charge in [0.05, 0.1) is 10.6 Å². The molecule has 0 spiro atoms. The Hall–Kier alpha value is -1.93. The Labute approximate surface area is 126 Å². The Morgan fingerprint density at radius 2 is 2.00 bits per heavy atom. The summed E-state index contributed by atoms with van der Waals surface area (Å²) in [7, 11) is -2.03. The Morgan fingerprint density at radius 3 is 2.57 bits per heavy atom. The van der Waals surface area contributed by atoms with Crippen LogP contribution in [0, 0.1) is 0 Å². The SMILES string of the molecule is CN(C(=O)CCS(=O)(=O)c1ccc(Cl)cc1)c1ncn[nH]1. The zero-order valence-electron chi connectivity index (χ0n) is 11.2. The van der Waals surface area contributed by atoms with E-state index < -0.39 is 9.84 Å². The number of H-pyrrole nitrogens is 1. The molecule has 0 saturated carbocycles. The van der Waals surface area contributed by atoms with Crippen LogP contribution in [0.2, 0.25) is 5.02 Å². The van der Waals surface area contributed by atoms with Gasteiger partial charge in [0, 0.05) is 18.5 Å². The van der Waals surface area contributed by atoms with E-state index in [0.717, 1.165) is 0 Å². The minimum atomic E-state index is -3.53. The molecule has 0 aliphatic heterocycles. The number of amides is 1. The monoisotopic (exact) mass is 328 g/mol. The summed E-state index contributed by atoms with van der Waals surface area (Å²) >= 11 is 5.72. The van der Waals surface area contributed by atoms with Crippen molar-refractivity contribution in [2.75, 3.05) is 17.7 Å². The minimum Gasteiger partial charge on any atom is -0.284 e. The number of carbonyl (C=O) groups excluding carboxylic acids is 1. The third kappa shape index (κ3) is 3.79. The number of benzene rings is 1. The van der Waals surface area contributed by atoms with E-state index in [1.165, 1.54) is 42.5 Å². The number of aromatic amines is 1. The van der Waals surface area contributed by atoms with Gasteiger partial charge in [-0.2, -0.15) is 10.1 Å². The summed E-state index contributed by atoms with van der Waals surface area (Å²) in [5, 5.41) is 6.62. The summed E-state index contributed by atoms with van der Waals surface area (Å²) in [5.74, 6) is -0.389. The second kappa shape index (κ2) is 6.23. The number of anilines is 1. The zero-order chi connectivity index (χ0) is 15.5. The fraction of sp³-hybridized carbons (Fsp3) is 0.250. The molecule has 2 aromatic rings. The molecule has 0 radical (unpaired) electrons. The Balaban J connectivity index is 2.01. The smallest absolute Gasteiger partial charge is 0.230 e. The Bertz CT molecular complexity index is 713. The van der Waals surface area contributed by atoms with Crippen LogP contribution in [0.25, 0.3) is 0 Å². The number of aromatic nitrogens is 3. The van der Waals surface area contributed by atoms with Crippen molar-refractivity contribution in [3.05, 3.63) is 35.6 Å². The molecule has 9 heteroatoms. The summed E-state index contributed by atoms with van der Waals surface area (Å²) in [6.07, 6.45) is 1.12. The number of hydrogen-bond donors (Lipinski definition) is 1. The van der Waals surface area contributed by atoms with Gasteiger partial charge in [0.15, 0.2) is 9.84 Å². The van der Waals surface area contributed by atoms with Gasteiger partial charge in [-0.25, -0.2) is 13.5 Å². The molecule has 1 aromatic carbocycles. The standard InChI is InChI=1S/C12H13ClN4O3S/c1-17(12-14-8-15-16-12)11(18)6-7-21(19,20)10-4-2-9(13)3-5-10/h2-5,8H,6-7H2,1H3,(H,14,15,16). The summed E-state index contributed by atoms with van der Waals surface area (Å²) < 4.78 is 24.2. The van der Waals surface area contributed by atoms with Crippen LogP contribution in [0.5, 0.6) is 0 Å². The Morgan fingerprint density at radius 1 is 1.33 bits per heavy atom. The first-order chi connectivity index (χ1) is 9.90. The van der Waals surface area contributed by atoms with Crippen LogP contribution in [0.4, 0.5) is 5.95 Å². The number of rotatable bonds is 5. The van der Waals surface area contributed by atoms with Crippen molar-refractivity contribution in [2.45, 2.75) is 11.3 Å². The average Bonchev–Trinajstić information content (AvgIpc) is 2.98. The number of halogens is 1. The van der Waals surface area contributed by atoms with E-state index in [1.54, 1.807) is 0 Å². The van der Waals surface area contributed by atoms with Crippen LogP contribution in [-0.4, -0.2) is 42.3 Å². The van der Waals surface area contributed by atoms with Gasteiger partial charge in [-0.1, -0.05) is 11.6 Å². The highest BCUT2D eigenvalue weighted by Gasteiger charge is 2.19. The predicted molar refractivity (Wildman–Crippen MR) is 77.9 cm³/mol. The molecule has 1 N–H and O–H groups in total. The van der Waals surface area contributed by atoms with Gasteiger partial charge >= 0.3 is 0 Å². The molecule has 1 heterocycles. The fourth-order valence-corrected chi connectivity index (χ4v) is 2.98. The van der Waals surface area contributed by atoms with E-state index in [2.05, 4.69) is 15.2 Å². The van der Waals surface area contributed by atoms with Crippen LogP contribution < -0.4 is 4.90 Å². The lowest BCUT2D eigenvalue weighted by Gasteiger charge is -2.13. The van der Waals surface area contributed by atoms with E-state index in [-0.39, 0.29) is 28.9 Å². The van der Waals surface area contributed by atoms with Crippen molar-refractivity contribution in [3.8, 4) is 0 Å². The van der Waals surface area contributed by atoms with Gasteiger partial charge in [-0.15, -0.1) is 0 Å². The molecule has 0 aliphatic rings. The highest BCUT2D eigenvalue weighted by atomic mass is 35.5. The largest absolute Gasteiger partial charge is 0.284 e. The van der Waals surface area contributed by atoms with Crippen LogP contribution in [0.1, 0.15) is 6.42 Å². The summed E-state index contributed by atoms with van der Waals surface area (Å²) in [6.45, 7) is 0. The van der Waals surface area contributed by atoms with Crippen molar-refractivity contribution in [1.82, 2.24) is 15.2 Å². The summed E-state index contributed by atoms with van der Waals surface area (Å²) in [5.41, 5.74) is 0. The molecule has 21 heavy (non-hydrogen) atoms. The first-order valence-electron chi connectivity index (χ1n) is 6.00. The van der Waals surface area contributed by atoms with Crippen molar-refractivity contribution >= 4 is 33.3 Å². The van der Waals surface area contributed by atoms with Crippen molar-refractivity contribution in [3.63, 3.8) is 0 Å². The molecule has 0 saturated heterocycles. The summed E-state index contributed by atoms with van der Waals surface area (Å²) in [4.78, 5) is 17.1. The highest BCUT2D eigenvalue weighted by molar-refractivity contribution is 7.91. The molecule has 0 fully saturated rings. The number of hydrogen-bond acceptors (Lipinski definition) is 5. The molecule has 0 bridgehead atoms. The van der Waals surface area contributed by atoms with Gasteiger partial charge in [0.25, 0.3) is 0 Å². The van der Waals surface area contributed by atoms with Gasteiger partial charge in [0.2, 0.25) is 11.9 Å². The van der Waals surface area contributed by atoms with Crippen LogP contribution in [0.3, 0.4) is 0 Å². The first-order valence-corrected chi connectivity index (χ1v) is 8.03. The lowest BCUT2D eigenvalue weighted by molar-refractivity contribution is -0.118. The number of nitrogens with one attached hydrogen (secondary N) is 1. The average molecular weight is 329 g/mol. The van der Waals surface area contributed by atoms with Crippen molar-refractivity contribution in [2.24, 2.45) is 0 Å². The molecule has 2 rings (SSSR count). The second-order valence-electron chi connectivity index (χ2n) is 4.28. The minimum absolute atomic E-state index is 0.141. The predicted octanol–water partition coefficient (Wildman–Crippen LogP) is 1.28. The molecule has 0 aliphatic carbocycles. The quantitative estimate of drug-likeness (QED) is 0.892. The van der Waals surface area contributed by atoms with E-state index in [4.69, 9.17) is 11.6 Å². The molecule has 1 amide bonds. The number of nitrogens with zero attached hydrogens (tertiary/aromatic N) is 3. The highest BCUT2D eigenvalue weighted by Crippen LogP contribution is 2.16. The van der Waals surface area contributed by atoms with E-state index >= 15 is 0 Å². The van der Waals surface area contributed by atoms with Crippen LogP contribution in [-0.2, 0) is 14.6 Å². The molecular weight excluding hydrogens is 316 g/mol. The first kappa shape index (κ1) is 15.5. The molecule has 1 aromatic heterocycles. The lowest BCUT2D eigenvalue weighted by atomic mass is 10.4. The zero-order valence-corrected chi connectivity index (χ0v) is 12.7. The van der Waals surface area contributed by atoms with Crippen molar-refractivity contribution < 1.29 is 13.2 Å². The lowest BCUT2D eigenvalue weighted by Crippen LogP contribution is -2.29. The topological polar surface area (TPSA) is 96.0 Å². The molecule has 7 nitrogen and oxygen atoms in total. The van der Waals surface area contributed by atoms with E-state index in [1.807, 2.05) is 0 Å². The molecule has 0 atom stereocenters. The molecule has 0 unspecified atom stereocenters. The van der Waals surface area contributed by atoms with E-state index in [9.17, 15) is 13.2 Å². The molecular formula is C12H13ClN4O3S. The van der Waals surface area contributed by atoms with Crippen LogP contribution >= 0.6 is 11.6 Å². The van der Waals surface area contributed by atoms with E-state index in [0.29, 0.717) is 5.02 Å². The van der Waals surface area contributed by atoms with Crippen molar-refractivity contribution in [1.29, 1.82) is 0 Å². The fourth-order valence-electron chi connectivity index (χ4n) is 1.63. The van der Waals surface area contributed by atoms with Gasteiger partial charge < -0.3 is 0 Å². The number of carbonyl (C=O) groups is 1. The normalized spacial score (nSPS) is 11.3. The summed E-state index contributed by atoms with van der Waals surface area (Å²) in [6, 6.07) is 5.83. The maximum atomic E-state index is 12.1. The maximum absolute atomic E-state index is 12.1. The third-order valence-corrected chi connectivity index (χ3v) is 4.84. The van der Waals surface area contributed by atoms with Gasteiger partial charge in [0.1, 0.15) is 6.33 Å². The second-order valence-corrected chi connectivity index (χ2v) is 6.83.